The van der Waals surface area contributed by atoms with Crippen molar-refractivity contribution < 1.29 is 25.5 Å². The molecule has 0 rings (SSSR count). The van der Waals surface area contributed by atoms with E-state index in [9.17, 15) is 0 Å². The molecule has 2 heteroatoms. The van der Waals surface area contributed by atoms with Gasteiger partial charge in [-0.05, 0) is 25.7 Å². The van der Waals surface area contributed by atoms with E-state index in [0.717, 1.165) is 0 Å². The first-order valence-electron chi connectivity index (χ1n) is 8.09. The molecule has 0 aromatic carbocycles. The molecule has 0 atom stereocenters. The predicted octanol–water partition coefficient (Wildman–Crippen LogP) is 5.00. The first-order chi connectivity index (χ1) is 8.24. The smallest absolute Gasteiger partial charge is 0.324 e. The van der Waals surface area contributed by atoms with Gasteiger partial charge in [-0.3, -0.25) is 0 Å². The number of hydrogen-bond donors (Lipinski definition) is 0. The van der Waals surface area contributed by atoms with Gasteiger partial charge in [-0.2, -0.15) is 0 Å². The van der Waals surface area contributed by atoms with Crippen molar-refractivity contribution >= 4 is 0 Å². The van der Waals surface area contributed by atoms with Crippen molar-refractivity contribution in [2.24, 2.45) is 0 Å². The molecular weight excluding hydrogens is 401 g/mol. The molecule has 0 unspecified atom stereocenters. The van der Waals surface area contributed by atoms with E-state index in [4.69, 9.17) is 0 Å². The summed E-state index contributed by atoms with van der Waals surface area (Å²) in [5.41, 5.74) is 0. The Bertz CT molecular complexity index is 122. The average Bonchev–Trinajstić information content (AvgIpc) is 2.37. The summed E-state index contributed by atoms with van der Waals surface area (Å²) < 4.78 is 1.42. The van der Waals surface area contributed by atoms with Crippen molar-refractivity contribution in [3.05, 3.63) is 0 Å². The van der Waals surface area contributed by atoms with Gasteiger partial charge in [-0.1, -0.05) is 53.4 Å². The van der Waals surface area contributed by atoms with Crippen molar-refractivity contribution in [3.63, 3.8) is 0 Å². The van der Waals surface area contributed by atoms with Gasteiger partial charge in [0, 0.05) is 0 Å². The van der Waals surface area contributed by atoms with Crippen LogP contribution in [-0.4, -0.2) is 30.7 Å². The largest absolute Gasteiger partial charge is 2.00 e. The molecule has 0 N–H and O–H groups in total. The van der Waals surface area contributed by atoms with Crippen LogP contribution >= 0.6 is 0 Å². The molecule has 0 aliphatic rings. The Labute approximate surface area is 131 Å². The van der Waals surface area contributed by atoms with Gasteiger partial charge in [0.05, 0.1) is 26.2 Å². The number of quaternary nitrogens is 1. The predicted molar refractivity (Wildman–Crippen MR) is 79.4 cm³/mol. The molecule has 0 heterocycles. The van der Waals surface area contributed by atoms with Crippen LogP contribution in [0.1, 0.15) is 79.1 Å². The zero-order valence-electron chi connectivity index (χ0n) is 13.2. The minimum absolute atomic E-state index is 0. The second-order valence-corrected chi connectivity index (χ2v) is 5.65. The van der Waals surface area contributed by atoms with Crippen LogP contribution in [0.4, 0.5) is 0 Å². The summed E-state index contributed by atoms with van der Waals surface area (Å²) in [7, 11) is 0. The molecule has 0 aromatic heterocycles. The molecule has 0 aliphatic heterocycles. The maximum absolute atomic E-state index is 2.33. The fraction of sp³-hybridized carbons (Fsp3) is 1.00. The Morgan fingerprint density at radius 3 is 0.889 bits per heavy atom. The minimum Gasteiger partial charge on any atom is -0.324 e. The van der Waals surface area contributed by atoms with E-state index in [2.05, 4.69) is 27.7 Å². The molecule has 112 valence electrons. The van der Waals surface area contributed by atoms with Crippen LogP contribution < -0.4 is 0 Å². The second-order valence-electron chi connectivity index (χ2n) is 5.65. The standard InChI is InChI=1S/C16H36N.Pt/c1-5-9-13-17(14-10-6-2,15-11-7-3)16-12-8-4;/h5-16H2,1-4H3;/q+1;+2. The summed E-state index contributed by atoms with van der Waals surface area (Å²) in [5.74, 6) is 0. The van der Waals surface area contributed by atoms with E-state index in [-0.39, 0.29) is 21.1 Å². The molecule has 0 saturated heterocycles. The maximum Gasteiger partial charge on any atom is 2.00 e. The van der Waals surface area contributed by atoms with Gasteiger partial charge < -0.3 is 4.48 Å². The van der Waals surface area contributed by atoms with E-state index in [1.807, 2.05) is 0 Å². The molecule has 0 saturated carbocycles. The van der Waals surface area contributed by atoms with Crippen molar-refractivity contribution in [3.8, 4) is 0 Å². The molecule has 0 radical (unpaired) electrons. The number of hydrogen-bond acceptors (Lipinski definition) is 0. The topological polar surface area (TPSA) is 0 Å². The summed E-state index contributed by atoms with van der Waals surface area (Å²) in [6, 6.07) is 0. The van der Waals surface area contributed by atoms with Crippen molar-refractivity contribution in [1.29, 1.82) is 0 Å². The fourth-order valence-corrected chi connectivity index (χ4v) is 2.64. The second kappa shape index (κ2) is 14.1. The summed E-state index contributed by atoms with van der Waals surface area (Å²) in [5, 5.41) is 0. The maximum atomic E-state index is 2.33. The summed E-state index contributed by atoms with van der Waals surface area (Å²) in [6.45, 7) is 15.0. The van der Waals surface area contributed by atoms with Crippen LogP contribution in [0.15, 0.2) is 0 Å². The quantitative estimate of drug-likeness (QED) is 0.377. The van der Waals surface area contributed by atoms with E-state index in [1.54, 1.807) is 0 Å². The van der Waals surface area contributed by atoms with E-state index >= 15 is 0 Å². The molecule has 0 amide bonds. The summed E-state index contributed by atoms with van der Waals surface area (Å²) in [4.78, 5) is 0. The van der Waals surface area contributed by atoms with Crippen LogP contribution in [0.5, 0.6) is 0 Å². The third kappa shape index (κ3) is 9.56. The normalized spacial score (nSPS) is 11.3. The number of nitrogens with zero attached hydrogens (tertiary/aromatic N) is 1. The molecule has 0 spiro atoms. The van der Waals surface area contributed by atoms with Crippen molar-refractivity contribution in [2.75, 3.05) is 26.2 Å². The average molecular weight is 438 g/mol. The van der Waals surface area contributed by atoms with Gasteiger partial charge >= 0.3 is 21.1 Å². The number of unbranched alkanes of at least 4 members (excludes halogenated alkanes) is 4. The van der Waals surface area contributed by atoms with Gasteiger partial charge in [0.15, 0.2) is 0 Å². The third-order valence-corrected chi connectivity index (χ3v) is 3.94. The Hall–Kier alpha value is 0.648. The first kappa shape index (κ1) is 21.0. The molecule has 18 heavy (non-hydrogen) atoms. The van der Waals surface area contributed by atoms with E-state index in [1.165, 1.54) is 82.0 Å². The Morgan fingerprint density at radius 1 is 0.500 bits per heavy atom. The van der Waals surface area contributed by atoms with Crippen LogP contribution in [0.3, 0.4) is 0 Å². The molecular formula is C16H36NPt+3. The zero-order chi connectivity index (χ0) is 13.0. The van der Waals surface area contributed by atoms with Crippen LogP contribution in [0.2, 0.25) is 0 Å². The van der Waals surface area contributed by atoms with Crippen LogP contribution in [-0.2, 0) is 21.1 Å². The SMILES string of the molecule is CCCC[N+](CCCC)(CCCC)CCCC.[Pt+2]. The molecule has 1 nitrogen and oxygen atoms in total. The van der Waals surface area contributed by atoms with Gasteiger partial charge in [-0.25, -0.2) is 0 Å². The molecule has 0 aliphatic carbocycles. The molecule has 0 bridgehead atoms. The summed E-state index contributed by atoms with van der Waals surface area (Å²) in [6.07, 6.45) is 11.1. The van der Waals surface area contributed by atoms with Crippen LogP contribution in [0, 0.1) is 0 Å². The molecule has 0 aromatic rings. The Kier molecular flexibility index (Phi) is 16.4. The van der Waals surface area contributed by atoms with E-state index in [0.29, 0.717) is 0 Å². The van der Waals surface area contributed by atoms with Gasteiger partial charge in [0.2, 0.25) is 0 Å². The number of rotatable bonds is 12. The van der Waals surface area contributed by atoms with Gasteiger partial charge in [-0.15, -0.1) is 0 Å². The monoisotopic (exact) mass is 437 g/mol. The fourth-order valence-electron chi connectivity index (χ4n) is 2.64. The Morgan fingerprint density at radius 2 is 0.722 bits per heavy atom. The Balaban J connectivity index is 0. The summed E-state index contributed by atoms with van der Waals surface area (Å²) >= 11 is 0. The van der Waals surface area contributed by atoms with Crippen LogP contribution in [0.25, 0.3) is 0 Å². The van der Waals surface area contributed by atoms with Gasteiger partial charge in [0.25, 0.3) is 0 Å². The van der Waals surface area contributed by atoms with Gasteiger partial charge in [0.1, 0.15) is 0 Å². The first-order valence-corrected chi connectivity index (χ1v) is 8.09. The molecule has 0 fully saturated rings. The van der Waals surface area contributed by atoms with Crippen molar-refractivity contribution in [1.82, 2.24) is 0 Å². The van der Waals surface area contributed by atoms with Crippen molar-refractivity contribution in [2.45, 2.75) is 79.1 Å². The minimum atomic E-state index is 0. The third-order valence-electron chi connectivity index (χ3n) is 3.94. The van der Waals surface area contributed by atoms with E-state index < -0.39 is 0 Å². The zero-order valence-corrected chi connectivity index (χ0v) is 15.5.